The minimum atomic E-state index is 0. The summed E-state index contributed by atoms with van der Waals surface area (Å²) in [5.41, 5.74) is 0.0231. The van der Waals surface area contributed by atoms with E-state index in [1.54, 1.807) is 0 Å². The first-order valence-electron chi connectivity index (χ1n) is 1.60. The molecule has 0 bridgehead atoms. The van der Waals surface area contributed by atoms with Gasteiger partial charge in [-0.05, 0) is 6.92 Å². The highest BCUT2D eigenvalue weighted by atomic mass is 35.5. The molecule has 6 heavy (non-hydrogen) atoms. The Kier molecular flexibility index (Phi) is 1.84. The summed E-state index contributed by atoms with van der Waals surface area (Å²) >= 11 is 5.31. The summed E-state index contributed by atoms with van der Waals surface area (Å²) < 4.78 is 4.68. The highest BCUT2D eigenvalue weighted by Crippen LogP contribution is 2.23. The van der Waals surface area contributed by atoms with E-state index in [0.717, 1.165) is 0 Å². The molecule has 0 radical (unpaired) electrons. The lowest BCUT2D eigenvalue weighted by Gasteiger charge is -1.55. The van der Waals surface area contributed by atoms with Crippen molar-refractivity contribution in [3.63, 3.8) is 0 Å². The van der Waals surface area contributed by atoms with Crippen molar-refractivity contribution < 1.29 is 10.2 Å². The second-order valence-corrected chi connectivity index (χ2v) is 1.62. The van der Waals surface area contributed by atoms with Gasteiger partial charge < -0.3 is 10.2 Å². The number of epoxide rings is 1. The molecule has 0 amide bonds. The van der Waals surface area contributed by atoms with Crippen molar-refractivity contribution in [2.75, 3.05) is 0 Å². The fraction of sp³-hybridized carbons (Fsp3) is 1.00. The third-order valence-electron chi connectivity index (χ3n) is 0.637. The zero-order valence-corrected chi connectivity index (χ0v) is 4.20. The Morgan fingerprint density at radius 1 is 1.67 bits per heavy atom. The largest absolute Gasteiger partial charge is 0.412 e. The number of rotatable bonds is 0. The summed E-state index contributed by atoms with van der Waals surface area (Å²) in [5, 5.41) is 0. The minimum Gasteiger partial charge on any atom is -0.412 e. The number of alkyl halides is 1. The Morgan fingerprint density at radius 3 is 1.83 bits per heavy atom. The van der Waals surface area contributed by atoms with Gasteiger partial charge in [-0.15, -0.1) is 0 Å². The van der Waals surface area contributed by atoms with Gasteiger partial charge in [0.15, 0.2) is 5.56 Å². The molecule has 38 valence electrons. The van der Waals surface area contributed by atoms with Gasteiger partial charge in [0.2, 0.25) is 0 Å². The first kappa shape index (κ1) is 6.21. The van der Waals surface area contributed by atoms with E-state index in [9.17, 15) is 0 Å². The van der Waals surface area contributed by atoms with Crippen molar-refractivity contribution in [1.82, 2.24) is 0 Å². The van der Waals surface area contributed by atoms with Crippen LogP contribution in [0, 0.1) is 0 Å². The fourth-order valence-corrected chi connectivity index (χ4v) is 0.322. The third kappa shape index (κ3) is 1.12. The Bertz CT molecular complexity index is 42.1. The van der Waals surface area contributed by atoms with Crippen LogP contribution in [-0.4, -0.2) is 17.1 Å². The van der Waals surface area contributed by atoms with Crippen LogP contribution in [0.15, 0.2) is 0 Å². The fourth-order valence-electron chi connectivity index (χ4n) is 0.160. The average molecular weight is 111 g/mol. The second kappa shape index (κ2) is 1.78. The molecule has 2 nitrogen and oxygen atoms in total. The molecule has 1 heterocycles. The summed E-state index contributed by atoms with van der Waals surface area (Å²) in [4.78, 5) is 0. The van der Waals surface area contributed by atoms with Crippen LogP contribution in [0.1, 0.15) is 6.92 Å². The smallest absolute Gasteiger partial charge is 0.157 e. The van der Waals surface area contributed by atoms with Crippen LogP contribution >= 0.6 is 11.6 Å². The molecule has 2 N–H and O–H groups in total. The van der Waals surface area contributed by atoms with E-state index in [1.165, 1.54) is 0 Å². The Hall–Kier alpha value is 0.210. The topological polar surface area (TPSA) is 44.0 Å². The molecule has 1 rings (SSSR count). The molecule has 2 unspecified atom stereocenters. The highest BCUT2D eigenvalue weighted by molar-refractivity contribution is 6.21. The van der Waals surface area contributed by atoms with E-state index in [4.69, 9.17) is 11.6 Å². The molecule has 0 aliphatic carbocycles. The third-order valence-corrected chi connectivity index (χ3v) is 1.09. The number of hydrogen-bond donors (Lipinski definition) is 0. The van der Waals surface area contributed by atoms with Crippen molar-refractivity contribution in [3.8, 4) is 0 Å². The van der Waals surface area contributed by atoms with Crippen LogP contribution < -0.4 is 0 Å². The SMILES string of the molecule is CC1OC1Cl.O. The molecular formula is C3H7ClO2. The van der Waals surface area contributed by atoms with Crippen LogP contribution in [0.2, 0.25) is 0 Å². The molecule has 0 aromatic heterocycles. The van der Waals surface area contributed by atoms with Gasteiger partial charge in [-0.3, -0.25) is 0 Å². The lowest BCUT2D eigenvalue weighted by molar-refractivity contribution is 0.411. The predicted molar refractivity (Wildman–Crippen MR) is 23.8 cm³/mol. The van der Waals surface area contributed by atoms with Crippen molar-refractivity contribution in [1.29, 1.82) is 0 Å². The first-order valence-corrected chi connectivity index (χ1v) is 2.04. The Morgan fingerprint density at radius 2 is 1.83 bits per heavy atom. The molecule has 0 aromatic rings. The van der Waals surface area contributed by atoms with E-state index in [0.29, 0.717) is 6.10 Å². The van der Waals surface area contributed by atoms with Gasteiger partial charge in [0, 0.05) is 0 Å². The molecule has 1 saturated heterocycles. The summed E-state index contributed by atoms with van der Waals surface area (Å²) in [6.07, 6.45) is 0.316. The predicted octanol–water partition coefficient (Wildman–Crippen LogP) is 0.145. The molecule has 3 heteroatoms. The normalized spacial score (nSPS) is 41.0. The van der Waals surface area contributed by atoms with Gasteiger partial charge in [-0.25, -0.2) is 0 Å². The standard InChI is InChI=1S/C3H5ClO.H2O/c1-2-3(4)5-2;/h2-3H,1H3;1H2. The lowest BCUT2D eigenvalue weighted by Crippen LogP contribution is -1.69. The molecule has 1 fully saturated rings. The number of halogens is 1. The van der Waals surface area contributed by atoms with E-state index >= 15 is 0 Å². The molecule has 0 aromatic carbocycles. The highest BCUT2D eigenvalue weighted by Gasteiger charge is 2.30. The van der Waals surface area contributed by atoms with Crippen LogP contribution in [0.25, 0.3) is 0 Å². The Balaban J connectivity index is 0.000000250. The maximum Gasteiger partial charge on any atom is 0.157 e. The van der Waals surface area contributed by atoms with E-state index < -0.39 is 0 Å². The summed E-state index contributed by atoms with van der Waals surface area (Å²) in [6, 6.07) is 0. The maximum absolute atomic E-state index is 5.31. The van der Waals surface area contributed by atoms with Crippen LogP contribution in [-0.2, 0) is 4.74 Å². The van der Waals surface area contributed by atoms with Crippen LogP contribution in [0.3, 0.4) is 0 Å². The monoisotopic (exact) mass is 110 g/mol. The van der Waals surface area contributed by atoms with Gasteiger partial charge in [0.1, 0.15) is 0 Å². The molecule has 1 aliphatic heterocycles. The summed E-state index contributed by atoms with van der Waals surface area (Å²) in [7, 11) is 0. The molecule has 2 atom stereocenters. The first-order chi connectivity index (χ1) is 2.30. The molecule has 1 aliphatic rings. The van der Waals surface area contributed by atoms with E-state index in [2.05, 4.69) is 4.74 Å². The van der Waals surface area contributed by atoms with Gasteiger partial charge in [-0.1, -0.05) is 11.6 Å². The summed E-state index contributed by atoms with van der Waals surface area (Å²) in [6.45, 7) is 1.94. The maximum atomic E-state index is 5.31. The van der Waals surface area contributed by atoms with Gasteiger partial charge >= 0.3 is 0 Å². The van der Waals surface area contributed by atoms with Gasteiger partial charge in [-0.2, -0.15) is 0 Å². The van der Waals surface area contributed by atoms with E-state index in [-0.39, 0.29) is 11.0 Å². The van der Waals surface area contributed by atoms with Crippen molar-refractivity contribution in [2.45, 2.75) is 18.6 Å². The van der Waals surface area contributed by atoms with Crippen LogP contribution in [0.4, 0.5) is 0 Å². The quantitative estimate of drug-likeness (QED) is 0.323. The number of ether oxygens (including phenoxy) is 1. The minimum absolute atomic E-state index is 0. The van der Waals surface area contributed by atoms with E-state index in [1.807, 2.05) is 6.92 Å². The van der Waals surface area contributed by atoms with Crippen LogP contribution in [0.5, 0.6) is 0 Å². The van der Waals surface area contributed by atoms with Gasteiger partial charge in [0.25, 0.3) is 0 Å². The zero-order chi connectivity index (χ0) is 3.86. The van der Waals surface area contributed by atoms with Crippen molar-refractivity contribution >= 4 is 11.6 Å². The summed E-state index contributed by atoms with van der Waals surface area (Å²) in [5.74, 6) is 0. The molecule has 0 spiro atoms. The Labute approximate surface area is 41.4 Å². The zero-order valence-electron chi connectivity index (χ0n) is 3.44. The molecular weight excluding hydrogens is 103 g/mol. The van der Waals surface area contributed by atoms with Crippen molar-refractivity contribution in [2.24, 2.45) is 0 Å². The second-order valence-electron chi connectivity index (χ2n) is 1.19. The average Bonchev–Trinajstić information content (AvgIpc) is 1.79. The van der Waals surface area contributed by atoms with Gasteiger partial charge in [0.05, 0.1) is 6.10 Å². The molecule has 0 saturated carbocycles. The lowest BCUT2D eigenvalue weighted by atomic mass is 10.6. The van der Waals surface area contributed by atoms with Crippen molar-refractivity contribution in [3.05, 3.63) is 0 Å². The number of hydrogen-bond acceptors (Lipinski definition) is 1.